The fourth-order valence-corrected chi connectivity index (χ4v) is 2.28. The van der Waals surface area contributed by atoms with Crippen molar-refractivity contribution in [2.45, 2.75) is 19.9 Å². The summed E-state index contributed by atoms with van der Waals surface area (Å²) in [6.45, 7) is 2.71. The maximum absolute atomic E-state index is 12.4. The Morgan fingerprint density at radius 1 is 1.09 bits per heavy atom. The summed E-state index contributed by atoms with van der Waals surface area (Å²) in [7, 11) is 0. The number of aryl methyl sites for hydroxylation is 1. The SMILES string of the molecule is Cc1ccc(CN(CCO)C(=O)Cc2cccc(O)c2)cc1. The van der Waals surface area contributed by atoms with Crippen LogP contribution in [0.5, 0.6) is 5.75 Å². The normalized spacial score (nSPS) is 10.5. The Labute approximate surface area is 130 Å². The van der Waals surface area contributed by atoms with Crippen molar-refractivity contribution in [1.82, 2.24) is 4.90 Å². The molecule has 0 bridgehead atoms. The summed E-state index contributed by atoms with van der Waals surface area (Å²) in [6, 6.07) is 14.7. The number of carbonyl (C=O) groups excluding carboxylic acids is 1. The lowest BCUT2D eigenvalue weighted by atomic mass is 10.1. The van der Waals surface area contributed by atoms with Crippen molar-refractivity contribution in [1.29, 1.82) is 0 Å². The van der Waals surface area contributed by atoms with E-state index >= 15 is 0 Å². The highest BCUT2D eigenvalue weighted by atomic mass is 16.3. The van der Waals surface area contributed by atoms with E-state index < -0.39 is 0 Å². The van der Waals surface area contributed by atoms with Gasteiger partial charge in [0.2, 0.25) is 5.91 Å². The number of phenolic OH excluding ortho intramolecular Hbond substituents is 1. The van der Waals surface area contributed by atoms with Gasteiger partial charge in [-0.3, -0.25) is 4.79 Å². The molecular weight excluding hydrogens is 278 g/mol. The molecule has 116 valence electrons. The summed E-state index contributed by atoms with van der Waals surface area (Å²) in [5.74, 6) is 0.0813. The van der Waals surface area contributed by atoms with E-state index in [0.717, 1.165) is 11.1 Å². The molecule has 0 aliphatic rings. The first-order valence-corrected chi connectivity index (χ1v) is 7.30. The Hall–Kier alpha value is -2.33. The highest BCUT2D eigenvalue weighted by molar-refractivity contribution is 5.78. The van der Waals surface area contributed by atoms with Gasteiger partial charge in [-0.1, -0.05) is 42.0 Å². The predicted octanol–water partition coefficient (Wildman–Crippen LogP) is 2.26. The smallest absolute Gasteiger partial charge is 0.227 e. The summed E-state index contributed by atoms with van der Waals surface area (Å²) in [6.07, 6.45) is 0.209. The van der Waals surface area contributed by atoms with Crippen LogP contribution in [-0.2, 0) is 17.8 Å². The molecule has 1 amide bonds. The van der Waals surface area contributed by atoms with E-state index in [1.807, 2.05) is 31.2 Å². The molecule has 0 atom stereocenters. The second-order valence-corrected chi connectivity index (χ2v) is 5.37. The molecular formula is C18H21NO3. The second kappa shape index (κ2) is 7.61. The molecule has 0 unspecified atom stereocenters. The van der Waals surface area contributed by atoms with Crippen LogP contribution in [0.4, 0.5) is 0 Å². The maximum atomic E-state index is 12.4. The number of aliphatic hydroxyl groups excluding tert-OH is 1. The van der Waals surface area contributed by atoms with Crippen LogP contribution in [0, 0.1) is 6.92 Å². The molecule has 0 fully saturated rings. The first-order chi connectivity index (χ1) is 10.6. The van der Waals surface area contributed by atoms with Crippen LogP contribution in [0.25, 0.3) is 0 Å². The van der Waals surface area contributed by atoms with Gasteiger partial charge in [-0.05, 0) is 30.2 Å². The van der Waals surface area contributed by atoms with E-state index in [9.17, 15) is 15.0 Å². The largest absolute Gasteiger partial charge is 0.508 e. The number of aromatic hydroxyl groups is 1. The minimum atomic E-state index is -0.0718. The summed E-state index contributed by atoms with van der Waals surface area (Å²) < 4.78 is 0. The minimum absolute atomic E-state index is 0.0692. The van der Waals surface area contributed by atoms with Gasteiger partial charge in [0.05, 0.1) is 13.0 Å². The molecule has 4 nitrogen and oxygen atoms in total. The monoisotopic (exact) mass is 299 g/mol. The van der Waals surface area contributed by atoms with Crippen LogP contribution < -0.4 is 0 Å². The number of aliphatic hydroxyl groups is 1. The van der Waals surface area contributed by atoms with Gasteiger partial charge < -0.3 is 15.1 Å². The van der Waals surface area contributed by atoms with Crippen LogP contribution >= 0.6 is 0 Å². The van der Waals surface area contributed by atoms with Crippen LogP contribution in [0.1, 0.15) is 16.7 Å². The van der Waals surface area contributed by atoms with Gasteiger partial charge in [0, 0.05) is 13.1 Å². The number of phenols is 1. The molecule has 0 aliphatic carbocycles. The fourth-order valence-electron chi connectivity index (χ4n) is 2.28. The maximum Gasteiger partial charge on any atom is 0.227 e. The summed E-state index contributed by atoms with van der Waals surface area (Å²) >= 11 is 0. The summed E-state index contributed by atoms with van der Waals surface area (Å²) in [5.41, 5.74) is 2.96. The molecule has 0 radical (unpaired) electrons. The van der Waals surface area contributed by atoms with Crippen molar-refractivity contribution in [3.63, 3.8) is 0 Å². The van der Waals surface area contributed by atoms with Crippen molar-refractivity contribution in [3.05, 3.63) is 65.2 Å². The van der Waals surface area contributed by atoms with Gasteiger partial charge in [-0.15, -0.1) is 0 Å². The van der Waals surface area contributed by atoms with E-state index in [1.54, 1.807) is 29.2 Å². The molecule has 0 aliphatic heterocycles. The molecule has 0 saturated heterocycles. The number of amides is 1. The van der Waals surface area contributed by atoms with Crippen molar-refractivity contribution in [3.8, 4) is 5.75 Å². The van der Waals surface area contributed by atoms with Crippen molar-refractivity contribution >= 4 is 5.91 Å². The molecule has 0 aromatic heterocycles. The topological polar surface area (TPSA) is 60.8 Å². The van der Waals surface area contributed by atoms with Gasteiger partial charge in [0.15, 0.2) is 0 Å². The molecule has 0 heterocycles. The average molecular weight is 299 g/mol. The lowest BCUT2D eigenvalue weighted by Gasteiger charge is -2.22. The van der Waals surface area contributed by atoms with E-state index in [1.165, 1.54) is 5.56 Å². The Bertz CT molecular complexity index is 622. The van der Waals surface area contributed by atoms with Gasteiger partial charge in [0.25, 0.3) is 0 Å². The third kappa shape index (κ3) is 4.60. The minimum Gasteiger partial charge on any atom is -0.508 e. The zero-order valence-corrected chi connectivity index (χ0v) is 12.7. The Balaban J connectivity index is 2.06. The third-order valence-corrected chi connectivity index (χ3v) is 3.48. The van der Waals surface area contributed by atoms with Crippen molar-refractivity contribution < 1.29 is 15.0 Å². The van der Waals surface area contributed by atoms with Crippen LogP contribution in [0.3, 0.4) is 0 Å². The predicted molar refractivity (Wildman–Crippen MR) is 85.5 cm³/mol. The fraction of sp³-hybridized carbons (Fsp3) is 0.278. The summed E-state index contributed by atoms with van der Waals surface area (Å²) in [4.78, 5) is 14.1. The van der Waals surface area contributed by atoms with E-state index in [2.05, 4.69) is 0 Å². The zero-order chi connectivity index (χ0) is 15.9. The standard InChI is InChI=1S/C18H21NO3/c1-14-5-7-15(8-6-14)13-19(9-10-20)18(22)12-16-3-2-4-17(21)11-16/h2-8,11,20-21H,9-10,12-13H2,1H3. The lowest BCUT2D eigenvalue weighted by Crippen LogP contribution is -2.34. The quantitative estimate of drug-likeness (QED) is 0.860. The van der Waals surface area contributed by atoms with Crippen molar-refractivity contribution in [2.24, 2.45) is 0 Å². The van der Waals surface area contributed by atoms with Gasteiger partial charge in [-0.2, -0.15) is 0 Å². The highest BCUT2D eigenvalue weighted by Gasteiger charge is 2.14. The first-order valence-electron chi connectivity index (χ1n) is 7.30. The Kier molecular flexibility index (Phi) is 5.55. The van der Waals surface area contributed by atoms with Gasteiger partial charge in [0.1, 0.15) is 5.75 Å². The number of rotatable bonds is 6. The molecule has 2 N–H and O–H groups in total. The van der Waals surface area contributed by atoms with Crippen LogP contribution in [0.2, 0.25) is 0 Å². The molecule has 2 rings (SSSR count). The van der Waals surface area contributed by atoms with E-state index in [0.29, 0.717) is 13.1 Å². The number of hydrogen-bond acceptors (Lipinski definition) is 3. The van der Waals surface area contributed by atoms with E-state index in [4.69, 9.17) is 0 Å². The van der Waals surface area contributed by atoms with Gasteiger partial charge >= 0.3 is 0 Å². The molecule has 22 heavy (non-hydrogen) atoms. The highest BCUT2D eigenvalue weighted by Crippen LogP contribution is 2.13. The number of benzene rings is 2. The molecule has 0 spiro atoms. The lowest BCUT2D eigenvalue weighted by molar-refractivity contribution is -0.131. The zero-order valence-electron chi connectivity index (χ0n) is 12.7. The molecule has 2 aromatic rings. The van der Waals surface area contributed by atoms with E-state index in [-0.39, 0.29) is 24.7 Å². The number of carbonyl (C=O) groups is 1. The second-order valence-electron chi connectivity index (χ2n) is 5.37. The van der Waals surface area contributed by atoms with Crippen LogP contribution in [-0.4, -0.2) is 34.2 Å². The Morgan fingerprint density at radius 2 is 1.82 bits per heavy atom. The Morgan fingerprint density at radius 3 is 2.45 bits per heavy atom. The number of hydrogen-bond donors (Lipinski definition) is 2. The first kappa shape index (κ1) is 16.0. The average Bonchev–Trinajstić information content (AvgIpc) is 2.49. The van der Waals surface area contributed by atoms with Crippen LogP contribution in [0.15, 0.2) is 48.5 Å². The van der Waals surface area contributed by atoms with Gasteiger partial charge in [-0.25, -0.2) is 0 Å². The third-order valence-electron chi connectivity index (χ3n) is 3.48. The van der Waals surface area contributed by atoms with Crippen molar-refractivity contribution in [2.75, 3.05) is 13.2 Å². The molecule has 4 heteroatoms. The molecule has 2 aromatic carbocycles. The summed E-state index contributed by atoms with van der Waals surface area (Å²) in [5, 5.41) is 18.6. The molecule has 0 saturated carbocycles. The number of nitrogens with zero attached hydrogens (tertiary/aromatic N) is 1.